The zero-order valence-electron chi connectivity index (χ0n) is 5.14. The van der Waals surface area contributed by atoms with Gasteiger partial charge in [0, 0.05) is 4.43 Å². The minimum atomic E-state index is -1.23. The zero-order chi connectivity index (χ0) is 7.72. The lowest BCUT2D eigenvalue weighted by molar-refractivity contribution is -0.123. The predicted octanol–water partition coefficient (Wildman–Crippen LogP) is -1.14. The number of alkyl halides is 1. The summed E-state index contributed by atoms with van der Waals surface area (Å²) in [6, 6.07) is 0. The smallest absolute Gasteiger partial charge is 0.183 e. The van der Waals surface area contributed by atoms with Crippen LogP contribution in [0.1, 0.15) is 0 Å². The first-order valence-electron chi connectivity index (χ1n) is 2.92. The fourth-order valence-electron chi connectivity index (χ4n) is 0.856. The first kappa shape index (κ1) is 8.66. The van der Waals surface area contributed by atoms with Crippen LogP contribution < -0.4 is 0 Å². The molecule has 1 fully saturated rings. The van der Waals surface area contributed by atoms with Crippen molar-refractivity contribution in [3.05, 3.63) is 0 Å². The standard InChI is InChI=1S/C5H9IO4/c6-1-2-3(7)4(8)5(9)10-2/h2-5,7-9H,1H2/t2-,3+,4+,5?/m1/s1. The van der Waals surface area contributed by atoms with Gasteiger partial charge < -0.3 is 20.1 Å². The summed E-state index contributed by atoms with van der Waals surface area (Å²) in [6.07, 6.45) is -3.77. The van der Waals surface area contributed by atoms with Crippen LogP contribution in [0, 0.1) is 0 Å². The van der Waals surface area contributed by atoms with E-state index in [1.165, 1.54) is 0 Å². The molecule has 60 valence electrons. The first-order chi connectivity index (χ1) is 4.66. The highest BCUT2D eigenvalue weighted by Gasteiger charge is 2.40. The molecule has 0 aromatic rings. The van der Waals surface area contributed by atoms with E-state index in [2.05, 4.69) is 0 Å². The lowest BCUT2D eigenvalue weighted by Gasteiger charge is -2.09. The van der Waals surface area contributed by atoms with Crippen molar-refractivity contribution in [1.82, 2.24) is 0 Å². The molecular formula is C5H9IO4. The van der Waals surface area contributed by atoms with Crippen LogP contribution in [0.15, 0.2) is 0 Å². The molecule has 5 heteroatoms. The van der Waals surface area contributed by atoms with Gasteiger partial charge in [-0.15, -0.1) is 0 Å². The van der Waals surface area contributed by atoms with Gasteiger partial charge in [0.1, 0.15) is 12.2 Å². The van der Waals surface area contributed by atoms with E-state index >= 15 is 0 Å². The Balaban J connectivity index is 2.53. The van der Waals surface area contributed by atoms with E-state index in [9.17, 15) is 0 Å². The lowest BCUT2D eigenvalue weighted by Crippen LogP contribution is -2.32. The molecule has 1 aliphatic heterocycles. The summed E-state index contributed by atoms with van der Waals surface area (Å²) in [5.41, 5.74) is 0. The molecule has 4 atom stereocenters. The van der Waals surface area contributed by atoms with E-state index < -0.39 is 24.6 Å². The number of rotatable bonds is 1. The van der Waals surface area contributed by atoms with Gasteiger partial charge in [-0.3, -0.25) is 0 Å². The van der Waals surface area contributed by atoms with Crippen molar-refractivity contribution in [2.24, 2.45) is 0 Å². The average Bonchev–Trinajstić information content (AvgIpc) is 2.17. The molecule has 4 nitrogen and oxygen atoms in total. The third-order valence-corrected chi connectivity index (χ3v) is 2.36. The van der Waals surface area contributed by atoms with Crippen LogP contribution in [0.2, 0.25) is 0 Å². The third kappa shape index (κ3) is 1.42. The summed E-state index contributed by atoms with van der Waals surface area (Å²) < 4.78 is 5.35. The quantitative estimate of drug-likeness (QED) is 0.412. The summed E-state index contributed by atoms with van der Waals surface area (Å²) in [5, 5.41) is 26.9. The zero-order valence-corrected chi connectivity index (χ0v) is 7.30. The molecular weight excluding hydrogens is 251 g/mol. The summed E-state index contributed by atoms with van der Waals surface area (Å²) in [7, 11) is 0. The maximum Gasteiger partial charge on any atom is 0.183 e. The van der Waals surface area contributed by atoms with E-state index in [1.54, 1.807) is 0 Å². The molecule has 0 aromatic carbocycles. The van der Waals surface area contributed by atoms with Crippen molar-refractivity contribution in [2.75, 3.05) is 4.43 Å². The van der Waals surface area contributed by atoms with Gasteiger partial charge in [0.15, 0.2) is 6.29 Å². The Morgan fingerprint density at radius 3 is 2.00 bits per heavy atom. The molecule has 10 heavy (non-hydrogen) atoms. The molecule has 0 amide bonds. The lowest BCUT2D eigenvalue weighted by atomic mass is 10.2. The second kappa shape index (κ2) is 3.31. The highest BCUT2D eigenvalue weighted by Crippen LogP contribution is 2.20. The molecule has 1 aliphatic rings. The summed E-state index contributed by atoms with van der Waals surface area (Å²) >= 11 is 2.02. The van der Waals surface area contributed by atoms with Gasteiger partial charge in [-0.05, 0) is 0 Å². The molecule has 0 spiro atoms. The molecule has 0 aromatic heterocycles. The van der Waals surface area contributed by atoms with Crippen LogP contribution in [-0.4, -0.2) is 44.3 Å². The second-order valence-electron chi connectivity index (χ2n) is 2.20. The van der Waals surface area contributed by atoms with E-state index in [4.69, 9.17) is 20.1 Å². The summed E-state index contributed by atoms with van der Waals surface area (Å²) in [4.78, 5) is 0. The number of hydrogen-bond donors (Lipinski definition) is 3. The van der Waals surface area contributed by atoms with Gasteiger partial charge in [0.05, 0.1) is 6.10 Å². The Morgan fingerprint density at radius 1 is 1.20 bits per heavy atom. The molecule has 1 saturated heterocycles. The number of aliphatic hydroxyl groups is 3. The van der Waals surface area contributed by atoms with Crippen molar-refractivity contribution in [3.8, 4) is 0 Å². The van der Waals surface area contributed by atoms with Gasteiger partial charge in [-0.25, -0.2) is 0 Å². The van der Waals surface area contributed by atoms with Crippen LogP contribution in [0.3, 0.4) is 0 Å². The Labute approximate surface area is 72.0 Å². The van der Waals surface area contributed by atoms with Gasteiger partial charge in [0.25, 0.3) is 0 Å². The van der Waals surface area contributed by atoms with Gasteiger partial charge in [-0.2, -0.15) is 0 Å². The molecule has 0 bridgehead atoms. The Hall–Kier alpha value is 0.570. The Kier molecular flexibility index (Phi) is 2.87. The Bertz CT molecular complexity index is 120. The minimum absolute atomic E-state index is 0.439. The van der Waals surface area contributed by atoms with E-state index in [1.807, 2.05) is 22.6 Å². The van der Waals surface area contributed by atoms with Gasteiger partial charge in [0.2, 0.25) is 0 Å². The van der Waals surface area contributed by atoms with Crippen molar-refractivity contribution in [1.29, 1.82) is 0 Å². The van der Waals surface area contributed by atoms with Crippen LogP contribution in [0.4, 0.5) is 0 Å². The maximum atomic E-state index is 9.09. The van der Waals surface area contributed by atoms with Crippen LogP contribution in [0.25, 0.3) is 0 Å². The highest BCUT2D eigenvalue weighted by atomic mass is 127. The van der Waals surface area contributed by atoms with Crippen LogP contribution >= 0.6 is 22.6 Å². The molecule has 3 N–H and O–H groups in total. The molecule has 1 rings (SSSR count). The van der Waals surface area contributed by atoms with Crippen LogP contribution in [0.5, 0.6) is 0 Å². The van der Waals surface area contributed by atoms with Gasteiger partial charge in [-0.1, -0.05) is 22.6 Å². The van der Waals surface area contributed by atoms with Crippen LogP contribution in [-0.2, 0) is 4.74 Å². The van der Waals surface area contributed by atoms with Crippen molar-refractivity contribution >= 4 is 22.6 Å². The van der Waals surface area contributed by atoms with E-state index in [0.717, 1.165) is 0 Å². The van der Waals surface area contributed by atoms with Crippen molar-refractivity contribution in [2.45, 2.75) is 24.6 Å². The molecule has 1 heterocycles. The maximum absolute atomic E-state index is 9.09. The van der Waals surface area contributed by atoms with Crippen molar-refractivity contribution in [3.63, 3.8) is 0 Å². The average molecular weight is 260 g/mol. The summed E-state index contributed by atoms with van der Waals surface area (Å²) in [5.74, 6) is 0. The monoisotopic (exact) mass is 260 g/mol. The summed E-state index contributed by atoms with van der Waals surface area (Å²) in [6.45, 7) is 0. The SMILES string of the molecule is OC1O[C@H](CI)[C@H](O)[C@@H]1O. The predicted molar refractivity (Wildman–Crippen MR) is 41.8 cm³/mol. The van der Waals surface area contributed by atoms with E-state index in [-0.39, 0.29) is 0 Å². The number of aliphatic hydroxyl groups excluding tert-OH is 3. The van der Waals surface area contributed by atoms with Crippen molar-refractivity contribution < 1.29 is 20.1 Å². The number of halogens is 1. The Morgan fingerprint density at radius 2 is 1.80 bits per heavy atom. The largest absolute Gasteiger partial charge is 0.387 e. The molecule has 0 aliphatic carbocycles. The fourth-order valence-corrected chi connectivity index (χ4v) is 1.58. The minimum Gasteiger partial charge on any atom is -0.387 e. The molecule has 0 saturated carbocycles. The molecule has 1 unspecified atom stereocenters. The van der Waals surface area contributed by atoms with Gasteiger partial charge >= 0.3 is 0 Å². The first-order valence-corrected chi connectivity index (χ1v) is 4.45. The topological polar surface area (TPSA) is 69.9 Å². The second-order valence-corrected chi connectivity index (χ2v) is 3.08. The number of ether oxygens (including phenoxy) is 1. The molecule has 0 radical (unpaired) electrons. The highest BCUT2D eigenvalue weighted by molar-refractivity contribution is 14.1. The normalized spacial score (nSPS) is 48.0. The fraction of sp³-hybridized carbons (Fsp3) is 1.00. The van der Waals surface area contributed by atoms with E-state index in [0.29, 0.717) is 4.43 Å². The number of hydrogen-bond acceptors (Lipinski definition) is 4. The third-order valence-electron chi connectivity index (χ3n) is 1.49.